The average molecular weight is 387 g/mol. The third kappa shape index (κ3) is 9.17. The van der Waals surface area contributed by atoms with Crippen LogP contribution in [0.1, 0.15) is 47.6 Å². The first kappa shape index (κ1) is 22.1. The van der Waals surface area contributed by atoms with E-state index in [2.05, 4.69) is 16.0 Å². The highest BCUT2D eigenvalue weighted by molar-refractivity contribution is 5.91. The van der Waals surface area contributed by atoms with Crippen molar-refractivity contribution in [3.05, 3.63) is 59.5 Å². The monoisotopic (exact) mass is 386 g/mol. The lowest BCUT2D eigenvalue weighted by molar-refractivity contribution is 0.0924. The van der Waals surface area contributed by atoms with Gasteiger partial charge in [0.25, 0.3) is 5.91 Å². The molecule has 6 nitrogen and oxygen atoms in total. The Hall–Kier alpha value is -2.15. The highest BCUT2D eigenvalue weighted by Crippen LogP contribution is 2.13. The molecular weight excluding hydrogens is 352 g/mol. The fraction of sp³-hybridized carbons (Fsp3) is 0.500. The maximum absolute atomic E-state index is 12.2. The van der Waals surface area contributed by atoms with E-state index in [0.717, 1.165) is 64.2 Å². The molecule has 0 atom stereocenters. The van der Waals surface area contributed by atoms with E-state index < -0.39 is 0 Å². The number of benzene rings is 1. The molecule has 1 heterocycles. The number of nitrogens with one attached hydrogen (secondary N) is 3. The van der Waals surface area contributed by atoms with E-state index >= 15 is 0 Å². The second kappa shape index (κ2) is 13.9. The summed E-state index contributed by atoms with van der Waals surface area (Å²) in [5, 5.41) is 9.70. The summed E-state index contributed by atoms with van der Waals surface area (Å²) in [7, 11) is 0. The fourth-order valence-corrected chi connectivity index (χ4v) is 2.87. The van der Waals surface area contributed by atoms with Crippen LogP contribution >= 0.6 is 0 Å². The number of carbonyl (C=O) groups is 1. The summed E-state index contributed by atoms with van der Waals surface area (Å²) in [5.41, 5.74) is 6.62. The smallest absolute Gasteiger partial charge is 0.286 e. The molecule has 0 aliphatic heterocycles. The third-order valence-electron chi connectivity index (χ3n) is 4.44. The molecule has 0 aliphatic carbocycles. The zero-order chi connectivity index (χ0) is 19.9. The van der Waals surface area contributed by atoms with Crippen molar-refractivity contribution in [3.63, 3.8) is 0 Å². The van der Waals surface area contributed by atoms with Crippen molar-refractivity contribution in [2.75, 3.05) is 39.3 Å². The minimum atomic E-state index is -0.150. The van der Waals surface area contributed by atoms with Crippen LogP contribution in [0.5, 0.6) is 0 Å². The van der Waals surface area contributed by atoms with Crippen LogP contribution in [0.3, 0.4) is 0 Å². The van der Waals surface area contributed by atoms with Crippen LogP contribution in [0.25, 0.3) is 0 Å². The normalized spacial score (nSPS) is 10.9. The topological polar surface area (TPSA) is 92.3 Å². The van der Waals surface area contributed by atoms with E-state index in [-0.39, 0.29) is 5.91 Å². The number of unbranched alkanes of at least 4 members (excludes halogenated alkanes) is 1. The Labute approximate surface area is 168 Å². The third-order valence-corrected chi connectivity index (χ3v) is 4.44. The number of amides is 1. The van der Waals surface area contributed by atoms with Gasteiger partial charge >= 0.3 is 0 Å². The maximum Gasteiger partial charge on any atom is 0.286 e. The Balaban J connectivity index is 1.49. The van der Waals surface area contributed by atoms with Gasteiger partial charge in [0.2, 0.25) is 0 Å². The maximum atomic E-state index is 12.2. The molecule has 0 saturated carbocycles. The van der Waals surface area contributed by atoms with Crippen molar-refractivity contribution in [1.82, 2.24) is 16.0 Å². The Morgan fingerprint density at radius 2 is 1.50 bits per heavy atom. The Morgan fingerprint density at radius 3 is 2.21 bits per heavy atom. The second-order valence-electron chi connectivity index (χ2n) is 6.89. The standard InChI is InChI=1S/C22H34N4O2/c23-12-6-15-24-13-4-5-14-25-16-7-17-26-22(27)21-11-10-20(28-21)18-19-8-2-1-3-9-19/h1-3,8-11,24-25H,4-7,12-18,23H2,(H,26,27). The minimum Gasteiger partial charge on any atom is -0.456 e. The first-order valence-corrected chi connectivity index (χ1v) is 10.3. The Bertz CT molecular complexity index is 658. The molecule has 2 aromatic rings. The summed E-state index contributed by atoms with van der Waals surface area (Å²) in [5.74, 6) is 1.03. The van der Waals surface area contributed by atoms with Crippen LogP contribution < -0.4 is 21.7 Å². The lowest BCUT2D eigenvalue weighted by atomic mass is 10.1. The molecule has 1 amide bonds. The summed E-state index contributed by atoms with van der Waals surface area (Å²) in [4.78, 5) is 12.2. The van der Waals surface area contributed by atoms with Crippen molar-refractivity contribution >= 4 is 5.91 Å². The average Bonchev–Trinajstić information content (AvgIpc) is 3.18. The van der Waals surface area contributed by atoms with Gasteiger partial charge in [0.15, 0.2) is 5.76 Å². The number of rotatable bonds is 15. The van der Waals surface area contributed by atoms with Gasteiger partial charge < -0.3 is 26.1 Å². The SMILES string of the molecule is NCCCNCCCCNCCCNC(=O)c1ccc(Cc2ccccc2)o1. The number of nitrogens with two attached hydrogens (primary N) is 1. The van der Waals surface area contributed by atoms with E-state index in [1.54, 1.807) is 6.07 Å². The van der Waals surface area contributed by atoms with E-state index in [4.69, 9.17) is 10.2 Å². The van der Waals surface area contributed by atoms with Gasteiger partial charge in [-0.1, -0.05) is 30.3 Å². The molecule has 0 radical (unpaired) electrons. The van der Waals surface area contributed by atoms with Gasteiger partial charge in [-0.05, 0) is 76.1 Å². The fourth-order valence-electron chi connectivity index (χ4n) is 2.87. The summed E-state index contributed by atoms with van der Waals surface area (Å²) in [6, 6.07) is 13.7. The summed E-state index contributed by atoms with van der Waals surface area (Å²) < 4.78 is 5.67. The van der Waals surface area contributed by atoms with Gasteiger partial charge in [0.1, 0.15) is 5.76 Å². The Morgan fingerprint density at radius 1 is 0.821 bits per heavy atom. The highest BCUT2D eigenvalue weighted by atomic mass is 16.3. The van der Waals surface area contributed by atoms with Gasteiger partial charge in [-0.2, -0.15) is 0 Å². The lowest BCUT2D eigenvalue weighted by Gasteiger charge is -2.06. The molecule has 0 fully saturated rings. The van der Waals surface area contributed by atoms with Crippen molar-refractivity contribution < 1.29 is 9.21 Å². The van der Waals surface area contributed by atoms with Crippen molar-refractivity contribution in [2.24, 2.45) is 5.73 Å². The van der Waals surface area contributed by atoms with Crippen LogP contribution in [0.4, 0.5) is 0 Å². The van der Waals surface area contributed by atoms with Crippen molar-refractivity contribution in [3.8, 4) is 0 Å². The molecule has 0 spiro atoms. The molecule has 2 rings (SSSR count). The van der Waals surface area contributed by atoms with Crippen LogP contribution in [-0.4, -0.2) is 45.2 Å². The molecule has 0 aliphatic rings. The predicted molar refractivity (Wildman–Crippen MR) is 114 cm³/mol. The van der Waals surface area contributed by atoms with Crippen LogP contribution in [0.2, 0.25) is 0 Å². The van der Waals surface area contributed by atoms with Gasteiger partial charge in [-0.15, -0.1) is 0 Å². The summed E-state index contributed by atoms with van der Waals surface area (Å²) in [6.45, 7) is 5.35. The zero-order valence-electron chi connectivity index (χ0n) is 16.7. The summed E-state index contributed by atoms with van der Waals surface area (Å²) >= 11 is 0. The molecule has 6 heteroatoms. The predicted octanol–water partition coefficient (Wildman–Crippen LogP) is 2.30. The van der Waals surface area contributed by atoms with Crippen LogP contribution in [0.15, 0.2) is 46.9 Å². The van der Waals surface area contributed by atoms with Gasteiger partial charge in [0.05, 0.1) is 0 Å². The molecule has 28 heavy (non-hydrogen) atoms. The number of hydrogen-bond acceptors (Lipinski definition) is 5. The minimum absolute atomic E-state index is 0.150. The second-order valence-corrected chi connectivity index (χ2v) is 6.89. The number of hydrogen-bond donors (Lipinski definition) is 4. The molecule has 154 valence electrons. The van der Waals surface area contributed by atoms with Crippen molar-refractivity contribution in [2.45, 2.75) is 32.1 Å². The molecule has 5 N–H and O–H groups in total. The van der Waals surface area contributed by atoms with Gasteiger partial charge in [0, 0.05) is 13.0 Å². The van der Waals surface area contributed by atoms with Crippen molar-refractivity contribution in [1.29, 1.82) is 0 Å². The molecule has 0 bridgehead atoms. The largest absolute Gasteiger partial charge is 0.456 e. The molecular formula is C22H34N4O2. The van der Waals surface area contributed by atoms with Crippen LogP contribution in [-0.2, 0) is 6.42 Å². The Kier molecular flexibility index (Phi) is 11.0. The van der Waals surface area contributed by atoms with E-state index in [0.29, 0.717) is 18.7 Å². The molecule has 1 aromatic heterocycles. The zero-order valence-corrected chi connectivity index (χ0v) is 16.7. The highest BCUT2D eigenvalue weighted by Gasteiger charge is 2.10. The molecule has 0 unspecified atom stereocenters. The van der Waals surface area contributed by atoms with E-state index in [1.165, 1.54) is 5.56 Å². The van der Waals surface area contributed by atoms with E-state index in [9.17, 15) is 4.79 Å². The number of carbonyl (C=O) groups excluding carboxylic acids is 1. The van der Waals surface area contributed by atoms with Crippen LogP contribution in [0, 0.1) is 0 Å². The number of furan rings is 1. The first-order chi connectivity index (χ1) is 13.8. The summed E-state index contributed by atoms with van der Waals surface area (Å²) in [6.07, 6.45) is 4.95. The lowest BCUT2D eigenvalue weighted by Crippen LogP contribution is -2.27. The van der Waals surface area contributed by atoms with Gasteiger partial charge in [-0.3, -0.25) is 4.79 Å². The quantitative estimate of drug-likeness (QED) is 0.353. The molecule has 0 saturated heterocycles. The first-order valence-electron chi connectivity index (χ1n) is 10.3. The van der Waals surface area contributed by atoms with E-state index in [1.807, 2.05) is 36.4 Å². The van der Waals surface area contributed by atoms with Gasteiger partial charge in [-0.25, -0.2) is 0 Å². The molecule has 1 aromatic carbocycles.